The molecule has 0 spiro atoms. The minimum Gasteiger partial charge on any atom is -0.232 e. The predicted molar refractivity (Wildman–Crippen MR) is 82.7 cm³/mol. The molecule has 0 unspecified atom stereocenters. The van der Waals surface area contributed by atoms with Gasteiger partial charge >= 0.3 is 6.18 Å². The minimum atomic E-state index is -4.40. The first-order valence-electron chi connectivity index (χ1n) is 6.64. The van der Waals surface area contributed by atoms with Gasteiger partial charge in [0.25, 0.3) is 0 Å². The fourth-order valence-electron chi connectivity index (χ4n) is 2.22. The molecule has 1 nitrogen and oxygen atoms in total. The Morgan fingerprint density at radius 3 is 2.32 bits per heavy atom. The zero-order chi connectivity index (χ0) is 15.7. The molecule has 3 aromatic rings. The van der Waals surface area contributed by atoms with E-state index >= 15 is 0 Å². The van der Waals surface area contributed by atoms with Gasteiger partial charge in [0.15, 0.2) is 5.69 Å². The lowest BCUT2D eigenvalue weighted by atomic mass is 9.98. The molecule has 1 heterocycles. The summed E-state index contributed by atoms with van der Waals surface area (Å²) in [5, 5.41) is 1.43. The summed E-state index contributed by atoms with van der Waals surface area (Å²) in [6.07, 6.45) is -4.40. The Labute approximate surface area is 130 Å². The van der Waals surface area contributed by atoms with Crippen LogP contribution in [0.1, 0.15) is 11.3 Å². The molecule has 112 valence electrons. The van der Waals surface area contributed by atoms with Crippen LogP contribution in [0.5, 0.6) is 0 Å². The van der Waals surface area contributed by atoms with Gasteiger partial charge in [-0.25, -0.2) is 4.98 Å². The van der Waals surface area contributed by atoms with Gasteiger partial charge in [0.05, 0.1) is 0 Å². The second-order valence-corrected chi connectivity index (χ2v) is 5.79. The lowest BCUT2D eigenvalue weighted by Crippen LogP contribution is -2.04. The molecule has 2 aromatic carbocycles. The van der Waals surface area contributed by atoms with Crippen LogP contribution in [0.15, 0.2) is 53.9 Å². The summed E-state index contributed by atoms with van der Waals surface area (Å²) >= 11 is 1.01. The van der Waals surface area contributed by atoms with E-state index in [2.05, 4.69) is 4.98 Å². The van der Waals surface area contributed by atoms with Crippen molar-refractivity contribution in [2.24, 2.45) is 0 Å². The molecule has 22 heavy (non-hydrogen) atoms. The van der Waals surface area contributed by atoms with Crippen LogP contribution < -0.4 is 0 Å². The summed E-state index contributed by atoms with van der Waals surface area (Å²) < 4.78 is 38.0. The minimum absolute atomic E-state index is 0.379. The number of hydrogen-bond donors (Lipinski definition) is 0. The number of rotatable bonds is 2. The summed E-state index contributed by atoms with van der Waals surface area (Å²) in [5.41, 5.74) is 2.97. The van der Waals surface area contributed by atoms with E-state index in [-0.39, 0.29) is 0 Å². The summed E-state index contributed by atoms with van der Waals surface area (Å²) in [6.45, 7) is 1.98. The molecule has 5 heteroatoms. The normalized spacial score (nSPS) is 11.6. The Morgan fingerprint density at radius 1 is 0.955 bits per heavy atom. The number of halogens is 3. The van der Waals surface area contributed by atoms with Gasteiger partial charge in [-0.15, -0.1) is 11.3 Å². The second kappa shape index (κ2) is 5.57. The maximum absolute atomic E-state index is 12.7. The first kappa shape index (κ1) is 14.8. The Hall–Kier alpha value is -2.14. The van der Waals surface area contributed by atoms with E-state index in [1.807, 2.05) is 49.4 Å². The van der Waals surface area contributed by atoms with Crippen LogP contribution in [0, 0.1) is 6.92 Å². The molecular weight excluding hydrogens is 307 g/mol. The van der Waals surface area contributed by atoms with Crippen molar-refractivity contribution in [1.82, 2.24) is 4.98 Å². The molecule has 0 saturated carbocycles. The van der Waals surface area contributed by atoms with Crippen LogP contribution >= 0.6 is 11.3 Å². The third kappa shape index (κ3) is 2.90. The largest absolute Gasteiger partial charge is 0.434 e. The van der Waals surface area contributed by atoms with Gasteiger partial charge < -0.3 is 0 Å². The SMILES string of the molecule is Cc1ccc(-c2nc(C(F)(F)F)cs2)cc1-c1ccccc1. The van der Waals surface area contributed by atoms with Crippen LogP contribution in [0.4, 0.5) is 13.2 Å². The molecule has 0 N–H and O–H groups in total. The van der Waals surface area contributed by atoms with Gasteiger partial charge in [0.1, 0.15) is 5.01 Å². The van der Waals surface area contributed by atoms with Crippen molar-refractivity contribution < 1.29 is 13.2 Å². The number of aryl methyl sites for hydroxylation is 1. The maximum Gasteiger partial charge on any atom is 0.434 e. The van der Waals surface area contributed by atoms with E-state index < -0.39 is 11.9 Å². The fraction of sp³-hybridized carbons (Fsp3) is 0.118. The number of nitrogens with zero attached hydrogens (tertiary/aromatic N) is 1. The molecule has 0 fully saturated rings. The zero-order valence-corrected chi connectivity index (χ0v) is 12.5. The summed E-state index contributed by atoms with van der Waals surface area (Å²) in [7, 11) is 0. The van der Waals surface area contributed by atoms with E-state index in [0.717, 1.165) is 33.4 Å². The molecule has 0 saturated heterocycles. The van der Waals surface area contributed by atoms with Gasteiger partial charge in [-0.2, -0.15) is 13.2 Å². The van der Waals surface area contributed by atoms with Crippen LogP contribution in [0.25, 0.3) is 21.7 Å². The van der Waals surface area contributed by atoms with Crippen molar-refractivity contribution >= 4 is 11.3 Å². The molecule has 0 aliphatic heterocycles. The average molecular weight is 319 g/mol. The fourth-order valence-corrected chi connectivity index (χ4v) is 3.04. The zero-order valence-electron chi connectivity index (χ0n) is 11.7. The summed E-state index contributed by atoms with van der Waals surface area (Å²) in [4.78, 5) is 3.71. The molecule has 0 aliphatic rings. The van der Waals surface area contributed by atoms with Gasteiger partial charge in [0.2, 0.25) is 0 Å². The van der Waals surface area contributed by atoms with Crippen LogP contribution in [-0.2, 0) is 6.18 Å². The number of alkyl halides is 3. The van der Waals surface area contributed by atoms with Crippen molar-refractivity contribution in [3.63, 3.8) is 0 Å². The van der Waals surface area contributed by atoms with E-state index in [0.29, 0.717) is 10.6 Å². The highest BCUT2D eigenvalue weighted by atomic mass is 32.1. The Balaban J connectivity index is 2.04. The summed E-state index contributed by atoms with van der Waals surface area (Å²) in [5.74, 6) is 0. The lowest BCUT2D eigenvalue weighted by molar-refractivity contribution is -0.140. The maximum atomic E-state index is 12.7. The molecule has 0 radical (unpaired) electrons. The monoisotopic (exact) mass is 319 g/mol. The average Bonchev–Trinajstić information content (AvgIpc) is 2.99. The van der Waals surface area contributed by atoms with Crippen molar-refractivity contribution in [3.05, 3.63) is 65.2 Å². The highest BCUT2D eigenvalue weighted by Crippen LogP contribution is 2.35. The van der Waals surface area contributed by atoms with E-state index in [1.54, 1.807) is 6.07 Å². The number of thiazole rings is 1. The molecule has 0 aliphatic carbocycles. The number of benzene rings is 2. The van der Waals surface area contributed by atoms with Gasteiger partial charge in [-0.3, -0.25) is 0 Å². The van der Waals surface area contributed by atoms with Crippen LogP contribution in [-0.4, -0.2) is 4.98 Å². The predicted octanol–water partition coefficient (Wildman–Crippen LogP) is 5.80. The van der Waals surface area contributed by atoms with Crippen LogP contribution in [0.2, 0.25) is 0 Å². The van der Waals surface area contributed by atoms with Gasteiger partial charge in [-0.1, -0.05) is 42.5 Å². The quantitative estimate of drug-likeness (QED) is 0.581. The third-order valence-corrected chi connectivity index (χ3v) is 4.26. The first-order valence-corrected chi connectivity index (χ1v) is 7.52. The van der Waals surface area contributed by atoms with Crippen molar-refractivity contribution in [2.75, 3.05) is 0 Å². The molecule has 0 amide bonds. The molecule has 3 rings (SSSR count). The summed E-state index contributed by atoms with van der Waals surface area (Å²) in [6, 6.07) is 15.4. The van der Waals surface area contributed by atoms with Crippen LogP contribution in [0.3, 0.4) is 0 Å². The highest BCUT2D eigenvalue weighted by Gasteiger charge is 2.33. The van der Waals surface area contributed by atoms with Gasteiger partial charge in [-0.05, 0) is 29.7 Å². The van der Waals surface area contributed by atoms with Gasteiger partial charge in [0, 0.05) is 10.9 Å². The molecule has 1 aromatic heterocycles. The first-order chi connectivity index (χ1) is 10.4. The highest BCUT2D eigenvalue weighted by molar-refractivity contribution is 7.13. The van der Waals surface area contributed by atoms with Crippen molar-refractivity contribution in [2.45, 2.75) is 13.1 Å². The Morgan fingerprint density at radius 2 is 1.68 bits per heavy atom. The molecule has 0 atom stereocenters. The number of aromatic nitrogens is 1. The third-order valence-electron chi connectivity index (χ3n) is 3.36. The standard InChI is InChI=1S/C17H12F3NS/c1-11-7-8-13(9-14(11)12-5-3-2-4-6-12)16-21-15(10-22-16)17(18,19)20/h2-10H,1H3. The second-order valence-electron chi connectivity index (χ2n) is 4.93. The molecular formula is C17H12F3NS. The van der Waals surface area contributed by atoms with Crippen molar-refractivity contribution in [1.29, 1.82) is 0 Å². The topological polar surface area (TPSA) is 12.9 Å². The van der Waals surface area contributed by atoms with Crippen molar-refractivity contribution in [3.8, 4) is 21.7 Å². The van der Waals surface area contributed by atoms with E-state index in [4.69, 9.17) is 0 Å². The van der Waals surface area contributed by atoms with E-state index in [1.165, 1.54) is 0 Å². The smallest absolute Gasteiger partial charge is 0.232 e. The Bertz CT molecular complexity index is 791. The van der Waals surface area contributed by atoms with E-state index in [9.17, 15) is 13.2 Å². The molecule has 0 bridgehead atoms. The lowest BCUT2D eigenvalue weighted by Gasteiger charge is -2.08. The Kier molecular flexibility index (Phi) is 3.74. The number of hydrogen-bond acceptors (Lipinski definition) is 2.